The highest BCUT2D eigenvalue weighted by molar-refractivity contribution is 7.11. The molecule has 18 heavy (non-hydrogen) atoms. The SMILES string of the molecule is CCOc1c(N)nsc1NC1CCC(CO)CC1. The van der Waals surface area contributed by atoms with Crippen LogP contribution in [-0.4, -0.2) is 28.7 Å². The van der Waals surface area contributed by atoms with Gasteiger partial charge in [0.05, 0.1) is 6.61 Å². The van der Waals surface area contributed by atoms with E-state index in [9.17, 15) is 0 Å². The van der Waals surface area contributed by atoms with E-state index in [4.69, 9.17) is 15.6 Å². The highest BCUT2D eigenvalue weighted by atomic mass is 32.1. The van der Waals surface area contributed by atoms with Gasteiger partial charge < -0.3 is 20.9 Å². The van der Waals surface area contributed by atoms with Gasteiger partial charge in [-0.15, -0.1) is 0 Å². The number of nitrogens with zero attached hydrogens (tertiary/aromatic N) is 1. The second-order valence-corrected chi connectivity index (χ2v) is 5.48. The first-order valence-corrected chi connectivity index (χ1v) is 7.27. The number of anilines is 2. The summed E-state index contributed by atoms with van der Waals surface area (Å²) in [6.45, 7) is 2.84. The molecule has 0 saturated heterocycles. The van der Waals surface area contributed by atoms with Gasteiger partial charge in [0, 0.05) is 12.6 Å². The maximum Gasteiger partial charge on any atom is 0.197 e. The number of nitrogen functional groups attached to an aromatic ring is 1. The van der Waals surface area contributed by atoms with Crippen LogP contribution in [0.25, 0.3) is 0 Å². The van der Waals surface area contributed by atoms with Crippen LogP contribution in [0.4, 0.5) is 10.8 Å². The van der Waals surface area contributed by atoms with E-state index in [-0.39, 0.29) is 0 Å². The zero-order chi connectivity index (χ0) is 13.0. The standard InChI is InChI=1S/C12H21N3O2S/c1-2-17-10-11(13)15-18-12(10)14-9-5-3-8(7-16)4-6-9/h8-9,14,16H,2-7H2,1H3,(H2,13,15). The molecule has 0 bridgehead atoms. The quantitative estimate of drug-likeness (QED) is 0.764. The normalized spacial score (nSPS) is 23.9. The molecular weight excluding hydrogens is 250 g/mol. The van der Waals surface area contributed by atoms with Crippen LogP contribution in [0.5, 0.6) is 5.75 Å². The van der Waals surface area contributed by atoms with Gasteiger partial charge >= 0.3 is 0 Å². The summed E-state index contributed by atoms with van der Waals surface area (Å²) in [5, 5.41) is 13.5. The minimum absolute atomic E-state index is 0.310. The summed E-state index contributed by atoms with van der Waals surface area (Å²) in [5.41, 5.74) is 5.78. The average Bonchev–Trinajstić information content (AvgIpc) is 2.73. The number of hydrogen-bond donors (Lipinski definition) is 3. The summed E-state index contributed by atoms with van der Waals surface area (Å²) in [4.78, 5) is 0. The Morgan fingerprint density at radius 3 is 2.78 bits per heavy atom. The van der Waals surface area contributed by atoms with Crippen LogP contribution in [0, 0.1) is 5.92 Å². The zero-order valence-electron chi connectivity index (χ0n) is 10.7. The molecule has 1 saturated carbocycles. The molecule has 0 spiro atoms. The summed E-state index contributed by atoms with van der Waals surface area (Å²) in [5.74, 6) is 1.63. The first-order valence-electron chi connectivity index (χ1n) is 6.50. The molecule has 1 fully saturated rings. The van der Waals surface area contributed by atoms with Crippen LogP contribution >= 0.6 is 11.5 Å². The van der Waals surface area contributed by atoms with Crippen LogP contribution in [0.2, 0.25) is 0 Å². The fourth-order valence-electron chi connectivity index (χ4n) is 2.34. The third-order valence-corrected chi connectivity index (χ3v) is 4.18. The molecule has 4 N–H and O–H groups in total. The minimum Gasteiger partial charge on any atom is -0.487 e. The average molecular weight is 271 g/mol. The Morgan fingerprint density at radius 1 is 1.44 bits per heavy atom. The molecule has 1 heterocycles. The van der Waals surface area contributed by atoms with Crippen molar-refractivity contribution < 1.29 is 9.84 Å². The Balaban J connectivity index is 1.93. The van der Waals surface area contributed by atoms with Gasteiger partial charge in [0.2, 0.25) is 0 Å². The van der Waals surface area contributed by atoms with E-state index in [1.54, 1.807) is 0 Å². The van der Waals surface area contributed by atoms with Gasteiger partial charge in [-0.25, -0.2) is 0 Å². The molecule has 1 aliphatic carbocycles. The molecule has 102 valence electrons. The third-order valence-electron chi connectivity index (χ3n) is 3.40. The Morgan fingerprint density at radius 2 is 2.17 bits per heavy atom. The maximum atomic E-state index is 9.12. The summed E-state index contributed by atoms with van der Waals surface area (Å²) in [6.07, 6.45) is 4.31. The van der Waals surface area contributed by atoms with Gasteiger partial charge in [-0.1, -0.05) is 0 Å². The van der Waals surface area contributed by atoms with Crippen molar-refractivity contribution in [1.82, 2.24) is 4.37 Å². The van der Waals surface area contributed by atoms with Crippen molar-refractivity contribution in [2.45, 2.75) is 38.6 Å². The van der Waals surface area contributed by atoms with Crippen LogP contribution in [0.15, 0.2) is 0 Å². The molecule has 1 aliphatic rings. The van der Waals surface area contributed by atoms with E-state index in [2.05, 4.69) is 9.69 Å². The molecule has 0 radical (unpaired) electrons. The van der Waals surface area contributed by atoms with Gasteiger partial charge in [-0.2, -0.15) is 4.37 Å². The minimum atomic E-state index is 0.310. The number of aromatic nitrogens is 1. The predicted octanol–water partition coefficient (Wildman–Crippen LogP) is 2.09. The summed E-state index contributed by atoms with van der Waals surface area (Å²) in [7, 11) is 0. The van der Waals surface area contributed by atoms with Gasteiger partial charge in [0.15, 0.2) is 16.6 Å². The van der Waals surface area contributed by atoms with E-state index in [1.165, 1.54) is 11.5 Å². The van der Waals surface area contributed by atoms with Crippen molar-refractivity contribution in [2.24, 2.45) is 5.92 Å². The molecule has 0 aliphatic heterocycles. The molecule has 0 unspecified atom stereocenters. The van der Waals surface area contributed by atoms with Crippen molar-refractivity contribution in [3.05, 3.63) is 0 Å². The monoisotopic (exact) mass is 271 g/mol. The second-order valence-electron chi connectivity index (χ2n) is 4.70. The summed E-state index contributed by atoms with van der Waals surface area (Å²) in [6, 6.07) is 0.437. The fraction of sp³-hybridized carbons (Fsp3) is 0.750. The van der Waals surface area contributed by atoms with Gasteiger partial charge in [-0.3, -0.25) is 0 Å². The number of ether oxygens (including phenoxy) is 1. The molecule has 6 heteroatoms. The van der Waals surface area contributed by atoms with E-state index < -0.39 is 0 Å². The summed E-state index contributed by atoms with van der Waals surface area (Å²) < 4.78 is 9.64. The smallest absolute Gasteiger partial charge is 0.197 e. The largest absolute Gasteiger partial charge is 0.487 e. The van der Waals surface area contributed by atoms with Crippen molar-refractivity contribution in [1.29, 1.82) is 0 Å². The van der Waals surface area contributed by atoms with Crippen molar-refractivity contribution in [2.75, 3.05) is 24.3 Å². The molecule has 1 aromatic rings. The Bertz CT molecular complexity index is 375. The maximum absolute atomic E-state index is 9.12. The first-order chi connectivity index (χ1) is 8.74. The first kappa shape index (κ1) is 13.4. The van der Waals surface area contributed by atoms with Crippen LogP contribution in [0.1, 0.15) is 32.6 Å². The Labute approximate surface area is 112 Å². The lowest BCUT2D eigenvalue weighted by Crippen LogP contribution is -2.27. The van der Waals surface area contributed by atoms with Crippen LogP contribution < -0.4 is 15.8 Å². The van der Waals surface area contributed by atoms with Gasteiger partial charge in [0.1, 0.15) is 0 Å². The van der Waals surface area contributed by atoms with Crippen LogP contribution in [-0.2, 0) is 0 Å². The van der Waals surface area contributed by atoms with Crippen molar-refractivity contribution in [3.63, 3.8) is 0 Å². The van der Waals surface area contributed by atoms with E-state index in [1.807, 2.05) is 6.92 Å². The lowest BCUT2D eigenvalue weighted by molar-refractivity contribution is 0.186. The molecule has 5 nitrogen and oxygen atoms in total. The lowest BCUT2D eigenvalue weighted by atomic mass is 9.87. The topological polar surface area (TPSA) is 80.4 Å². The zero-order valence-corrected chi connectivity index (χ0v) is 11.5. The number of rotatable bonds is 5. The molecule has 1 aromatic heterocycles. The molecule has 0 atom stereocenters. The Kier molecular flexibility index (Phi) is 4.66. The lowest BCUT2D eigenvalue weighted by Gasteiger charge is -2.28. The summed E-state index contributed by atoms with van der Waals surface area (Å²) >= 11 is 1.36. The molecular formula is C12H21N3O2S. The Hall–Kier alpha value is -1.01. The van der Waals surface area contributed by atoms with E-state index >= 15 is 0 Å². The molecule has 2 rings (SSSR count). The molecule has 0 aromatic carbocycles. The number of nitrogens with one attached hydrogen (secondary N) is 1. The van der Waals surface area contributed by atoms with E-state index in [0.717, 1.165) is 30.7 Å². The highest BCUT2D eigenvalue weighted by Gasteiger charge is 2.22. The fourth-order valence-corrected chi connectivity index (χ4v) is 3.08. The highest BCUT2D eigenvalue weighted by Crippen LogP contribution is 2.37. The van der Waals surface area contributed by atoms with Gasteiger partial charge in [0.25, 0.3) is 0 Å². The number of hydrogen-bond acceptors (Lipinski definition) is 6. The number of aliphatic hydroxyl groups excluding tert-OH is 1. The van der Waals surface area contributed by atoms with Crippen LogP contribution in [0.3, 0.4) is 0 Å². The van der Waals surface area contributed by atoms with Crippen molar-refractivity contribution >= 4 is 22.4 Å². The second kappa shape index (κ2) is 6.24. The van der Waals surface area contributed by atoms with Gasteiger partial charge in [-0.05, 0) is 50.1 Å². The predicted molar refractivity (Wildman–Crippen MR) is 74.1 cm³/mol. The third kappa shape index (κ3) is 3.05. The van der Waals surface area contributed by atoms with E-state index in [0.29, 0.717) is 36.7 Å². The van der Waals surface area contributed by atoms with Crippen molar-refractivity contribution in [3.8, 4) is 5.75 Å². The molecule has 0 amide bonds. The number of aliphatic hydroxyl groups is 1. The number of nitrogens with two attached hydrogens (primary N) is 1.